The minimum Gasteiger partial charge on any atom is -0.478 e. The number of halogens is 14. The second-order valence-corrected chi connectivity index (χ2v) is 27.5. The van der Waals surface area contributed by atoms with Gasteiger partial charge >= 0.3 is 30.5 Å². The van der Waals surface area contributed by atoms with Crippen LogP contribution in [0.4, 0.5) is 43.9 Å². The maximum Gasteiger partial charge on any atom is 0.433 e. The maximum atomic E-state index is 14.5. The van der Waals surface area contributed by atoms with Gasteiger partial charge in [-0.15, -0.1) is 24.8 Å². The van der Waals surface area contributed by atoms with Gasteiger partial charge in [0.2, 0.25) is 0 Å². The number of carbonyl (C=O) groups is 3. The molecule has 4 bridgehead atoms. The average molecular weight is 1750 g/mol. The fourth-order valence-corrected chi connectivity index (χ4v) is 17.0. The Kier molecular flexibility index (Phi) is 27.9. The van der Waals surface area contributed by atoms with Crippen molar-refractivity contribution in [1.29, 1.82) is 0 Å². The number of carbonyl (C=O) groups excluding carboxylic acids is 2. The van der Waals surface area contributed by atoms with Crippen molar-refractivity contribution in [3.63, 3.8) is 0 Å². The molecule has 0 radical (unpaired) electrons. The summed E-state index contributed by atoms with van der Waals surface area (Å²) in [5.74, 6) is -1.45. The Morgan fingerprint density at radius 2 is 0.953 bits per heavy atom. The third-order valence-corrected chi connectivity index (χ3v) is 21.8. The molecule has 0 saturated carbocycles. The van der Waals surface area contributed by atoms with E-state index in [4.69, 9.17) is 15.1 Å². The third kappa shape index (κ3) is 18.5. The van der Waals surface area contributed by atoms with Gasteiger partial charge in [0.15, 0.2) is 17.1 Å². The normalized spacial score (nSPS) is 21.1. The number of aromatic carboxylic acids is 1. The third-order valence-electron chi connectivity index (χ3n) is 21.8. The lowest BCUT2D eigenvalue weighted by atomic mass is 9.70. The van der Waals surface area contributed by atoms with Gasteiger partial charge in [0.05, 0.1) is 52.8 Å². The van der Waals surface area contributed by atoms with Crippen molar-refractivity contribution < 1.29 is 68.1 Å². The molecule has 5 N–H and O–H groups in total. The zero-order valence-corrected chi connectivity index (χ0v) is 64.2. The number of para-hydroxylation sites is 4. The Balaban J connectivity index is 0.000000182. The second kappa shape index (κ2) is 35.6. The van der Waals surface area contributed by atoms with Crippen LogP contribution in [-0.2, 0) is 34.1 Å². The molecule has 6 aliphatic heterocycles. The number of nitrogens with one attached hydrogen (secondary N) is 4. The molecule has 4 atom stereocenters. The van der Waals surface area contributed by atoms with Gasteiger partial charge in [0.1, 0.15) is 28.6 Å². The number of H-pyrrole nitrogens is 3. The molecule has 5 aromatic heterocycles. The number of aromatic nitrogens is 10. The number of benzene rings is 4. The summed E-state index contributed by atoms with van der Waals surface area (Å²) in [6.07, 6.45) is 3.75. The van der Waals surface area contributed by atoms with E-state index in [0.29, 0.717) is 61.7 Å². The molecule has 19 nitrogen and oxygen atoms in total. The molecule has 0 aliphatic carbocycles. The van der Waals surface area contributed by atoms with E-state index in [1.54, 1.807) is 27.9 Å². The number of fused-ring (bicyclic) bond motifs is 6. The highest BCUT2D eigenvalue weighted by atomic mass is 128. The first-order valence-electron chi connectivity index (χ1n) is 34.8. The van der Waals surface area contributed by atoms with Crippen LogP contribution in [0.5, 0.6) is 0 Å². The topological polar surface area (TPSA) is 224 Å². The zero-order valence-electron chi connectivity index (χ0n) is 58.3. The molecule has 4 aromatic carbocycles. The summed E-state index contributed by atoms with van der Waals surface area (Å²) < 4.78 is 137. The number of likely N-dealkylation sites (tertiary alicyclic amines) is 1. The van der Waals surface area contributed by atoms with Crippen LogP contribution in [0.2, 0.25) is 0 Å². The van der Waals surface area contributed by atoms with Crippen LogP contribution < -0.4 is 5.32 Å². The number of esters is 1. The zero-order chi connectivity index (χ0) is 74.3. The molecular formula is C73H84Cl2F10I2N14O5. The smallest absolute Gasteiger partial charge is 0.433 e. The first kappa shape index (κ1) is 83.1. The lowest BCUT2D eigenvalue weighted by Gasteiger charge is -2.45. The average Bonchev–Trinajstić information content (AvgIpc) is 1.58. The number of piperidine rings is 4. The number of carboxylic acid groups (broad SMARTS) is 1. The molecule has 6 saturated heterocycles. The van der Waals surface area contributed by atoms with Gasteiger partial charge in [-0.05, 0) is 195 Å². The van der Waals surface area contributed by atoms with Crippen molar-refractivity contribution in [3.05, 3.63) is 184 Å². The van der Waals surface area contributed by atoms with Gasteiger partial charge in [-0.1, -0.05) is 66.7 Å². The number of carboxylic acids is 1. The molecule has 6 fully saturated rings. The highest BCUT2D eigenvalue weighted by molar-refractivity contribution is 15.0. The monoisotopic (exact) mass is 1750 g/mol. The van der Waals surface area contributed by atoms with Crippen LogP contribution in [0.1, 0.15) is 180 Å². The number of imidazole rings is 2. The molecule has 4 unspecified atom stereocenters. The number of nitrogens with zero attached hydrogens (tertiary/aromatic N) is 10. The van der Waals surface area contributed by atoms with Crippen molar-refractivity contribution >= 4 is 102 Å². The van der Waals surface area contributed by atoms with E-state index in [1.807, 2.05) is 17.2 Å². The van der Waals surface area contributed by atoms with Crippen LogP contribution in [-0.4, -0.2) is 157 Å². The minimum atomic E-state index is -4.70. The van der Waals surface area contributed by atoms with Crippen LogP contribution in [0.25, 0.3) is 22.1 Å². The van der Waals surface area contributed by atoms with E-state index in [9.17, 15) is 58.3 Å². The summed E-state index contributed by atoms with van der Waals surface area (Å²) in [4.78, 5) is 51.0. The number of hydrogen-bond donors (Lipinski definition) is 5. The van der Waals surface area contributed by atoms with E-state index >= 15 is 0 Å². The molecule has 574 valence electrons. The Hall–Kier alpha value is -6.92. The summed E-state index contributed by atoms with van der Waals surface area (Å²) >= 11 is 4.24. The Morgan fingerprint density at radius 1 is 0.547 bits per heavy atom. The second-order valence-electron chi connectivity index (χ2n) is 27.5. The van der Waals surface area contributed by atoms with E-state index in [1.165, 1.54) is 86.2 Å². The van der Waals surface area contributed by atoms with E-state index < -0.39 is 70.1 Å². The molecule has 106 heavy (non-hydrogen) atoms. The van der Waals surface area contributed by atoms with Gasteiger partial charge < -0.3 is 29.2 Å². The summed E-state index contributed by atoms with van der Waals surface area (Å²) in [6, 6.07) is 38.4. The van der Waals surface area contributed by atoms with Gasteiger partial charge in [0, 0.05) is 86.6 Å². The molecule has 9 aromatic rings. The molecule has 33 heteroatoms. The van der Waals surface area contributed by atoms with E-state index in [-0.39, 0.29) is 42.7 Å². The molecule has 1 amide bonds. The Labute approximate surface area is 641 Å². The number of amides is 1. The van der Waals surface area contributed by atoms with Crippen LogP contribution >= 0.6 is 62.0 Å². The van der Waals surface area contributed by atoms with Crippen LogP contribution in [0.3, 0.4) is 0 Å². The number of hydrogen-bond acceptors (Lipinski definition) is 12. The SMILES string of the molecule is CCOC(=O)c1cn[nH]c1C(F)(F)F.Cc1nc2ccccc2n1C1CC2CCC(C1)N2CCC1(c2cccc(F)c2)CCN(C(=O)c2cn[nH]c2C(F)(F)F)CC1.Cc1nc2ccccc2n1C1CC2CCC(C1)N2CCC1(c2ccccc2)CCNCC1.Cl.Cl.II.O=C(O)c1cn[nH]c1C(F)(F)F. The molecular weight excluding hydrogens is 1670 g/mol. The predicted molar refractivity (Wildman–Crippen MR) is 401 cm³/mol. The summed E-state index contributed by atoms with van der Waals surface area (Å²) in [7, 11) is 0. The first-order valence-corrected chi connectivity index (χ1v) is 41.1. The van der Waals surface area contributed by atoms with Gasteiger partial charge in [-0.3, -0.25) is 29.9 Å². The van der Waals surface area contributed by atoms with Crippen molar-refractivity contribution in [1.82, 2.24) is 69.7 Å². The van der Waals surface area contributed by atoms with Crippen LogP contribution in [0, 0.1) is 19.7 Å². The van der Waals surface area contributed by atoms with Gasteiger partial charge in [-0.2, -0.15) is 54.8 Å². The molecule has 0 spiro atoms. The number of aromatic amines is 3. The van der Waals surface area contributed by atoms with Crippen molar-refractivity contribution in [3.8, 4) is 0 Å². The minimum absolute atomic E-state index is 0. The van der Waals surface area contributed by atoms with E-state index in [2.05, 4.69) is 168 Å². The standard InChI is InChI=1S/C33H36F4N6O.C28H36N4.C7H7F3N2O2.C5H3F3N2O2.2ClH.I2/c1-21-39-28-7-2-3-8-29(28)43(21)26-18-24-9-10-25(19-26)42(24)16-13-32(22-5-4-6-23(34)17-22)11-14-41(15-12-32)31(44)27-20-38-40-30(27)33(35,36)37;1-21-30-26-9-5-6-10-27(26)32(21)25-19-23-11-12-24(20-25)31(23)18-15-28(13-16-29-17-14-28)22-7-3-2-4-8-22;1-2-14-6(13)4-3-11-12-5(4)7(8,9)10;6-5(7,8)3-2(4(11)12)1-9-10-3;;;1-2/h2-8,17,20,24-26H,9-16,18-19H2,1H3,(H,38,40);2-10,23-25,29H,11-20H2,1H3;3H,2H2,1H3,(H,11,12);1H,(H,9,10)(H,11,12);2*1H;. The quantitative estimate of drug-likeness (QED) is 0.0389. The highest BCUT2D eigenvalue weighted by Gasteiger charge is 2.48. The number of rotatable bonds is 14. The lowest BCUT2D eigenvalue weighted by Crippen LogP contribution is -2.49. The maximum absolute atomic E-state index is 14.5. The molecule has 15 rings (SSSR count). The molecule has 6 aliphatic rings. The predicted octanol–water partition coefficient (Wildman–Crippen LogP) is 17.2. The highest BCUT2D eigenvalue weighted by Crippen LogP contribution is 2.48. The number of ether oxygens (including phenoxy) is 1. The summed E-state index contributed by atoms with van der Waals surface area (Å²) in [6.45, 7) is 10.8. The first-order chi connectivity index (χ1) is 49.8. The molecule has 11 heterocycles. The van der Waals surface area contributed by atoms with E-state index in [0.717, 1.165) is 98.6 Å². The fraction of sp³-hybridized carbons (Fsp3) is 0.479. The lowest BCUT2D eigenvalue weighted by molar-refractivity contribution is -0.142. The number of aryl methyl sites for hydroxylation is 2. The summed E-state index contributed by atoms with van der Waals surface area (Å²) in [5, 5.41) is 26.7. The fourth-order valence-electron chi connectivity index (χ4n) is 17.0. The van der Waals surface area contributed by atoms with Crippen molar-refractivity contribution in [2.45, 2.75) is 176 Å². The largest absolute Gasteiger partial charge is 0.478 e. The Bertz CT molecular complexity index is 4360. The van der Waals surface area contributed by atoms with Crippen molar-refractivity contribution in [2.24, 2.45) is 0 Å². The summed E-state index contributed by atoms with van der Waals surface area (Å²) in [5.41, 5.74) is 1.53. The van der Waals surface area contributed by atoms with Gasteiger partial charge in [-0.25, -0.2) is 23.9 Å². The van der Waals surface area contributed by atoms with Gasteiger partial charge in [0.25, 0.3) is 5.91 Å². The van der Waals surface area contributed by atoms with Crippen LogP contribution in [0.15, 0.2) is 122 Å². The number of alkyl halides is 9. The Morgan fingerprint density at radius 3 is 1.39 bits per heavy atom. The van der Waals surface area contributed by atoms with Crippen molar-refractivity contribution in [2.75, 3.05) is 45.9 Å².